The first-order chi connectivity index (χ1) is 8.63. The highest BCUT2D eigenvalue weighted by Crippen LogP contribution is 2.08. The zero-order valence-electron chi connectivity index (χ0n) is 10.2. The summed E-state index contributed by atoms with van der Waals surface area (Å²) in [6.45, 7) is 0.776. The van der Waals surface area contributed by atoms with E-state index >= 15 is 0 Å². The third-order valence-corrected chi connectivity index (χ3v) is 2.91. The maximum atomic E-state index is 11.8. The molecular weight excluding hydrogens is 230 g/mol. The maximum Gasteiger partial charge on any atom is 0.316 e. The molecule has 0 aliphatic heterocycles. The number of nitrogens with two attached hydrogens (primary N) is 1. The van der Waals surface area contributed by atoms with Gasteiger partial charge in [0, 0.05) is 26.0 Å². The zero-order chi connectivity index (χ0) is 13.1. The molecule has 2 N–H and O–H groups in total. The monoisotopic (exact) mass is 245 g/mol. The molecule has 2 rings (SSSR count). The van der Waals surface area contributed by atoms with E-state index < -0.39 is 11.1 Å². The van der Waals surface area contributed by atoms with Crippen LogP contribution in [0.3, 0.4) is 0 Å². The molecule has 5 heteroatoms. The van der Waals surface area contributed by atoms with Gasteiger partial charge in [0.15, 0.2) is 0 Å². The van der Waals surface area contributed by atoms with Gasteiger partial charge >= 0.3 is 11.1 Å². The minimum atomic E-state index is -0.525. The molecular formula is C13H15N3O2. The molecule has 0 amide bonds. The van der Waals surface area contributed by atoms with E-state index in [4.69, 9.17) is 5.73 Å². The Morgan fingerprint density at radius 3 is 2.39 bits per heavy atom. The Hall–Kier alpha value is -2.14. The number of hydrogen-bond acceptors (Lipinski definition) is 3. The second-order valence-electron chi connectivity index (χ2n) is 4.12. The Balaban J connectivity index is 2.44. The molecule has 0 spiro atoms. The van der Waals surface area contributed by atoms with E-state index in [1.54, 1.807) is 19.4 Å². The Morgan fingerprint density at radius 2 is 1.72 bits per heavy atom. The Bertz CT molecular complexity index is 670. The molecule has 5 nitrogen and oxygen atoms in total. The molecule has 1 aromatic carbocycles. The van der Waals surface area contributed by atoms with Crippen molar-refractivity contribution in [2.45, 2.75) is 13.1 Å². The molecule has 0 aliphatic carbocycles. The summed E-state index contributed by atoms with van der Waals surface area (Å²) < 4.78 is 2.67. The average molecular weight is 245 g/mol. The highest BCUT2D eigenvalue weighted by atomic mass is 16.2. The fourth-order valence-electron chi connectivity index (χ4n) is 1.81. The molecule has 0 aliphatic rings. The minimum Gasteiger partial charge on any atom is -0.326 e. The first-order valence-electron chi connectivity index (χ1n) is 5.66. The third-order valence-electron chi connectivity index (χ3n) is 2.91. The topological polar surface area (TPSA) is 70.0 Å². The van der Waals surface area contributed by atoms with E-state index in [-0.39, 0.29) is 0 Å². The second-order valence-corrected chi connectivity index (χ2v) is 4.12. The lowest BCUT2D eigenvalue weighted by atomic mass is 10.1. The van der Waals surface area contributed by atoms with Gasteiger partial charge < -0.3 is 14.9 Å². The van der Waals surface area contributed by atoms with E-state index in [2.05, 4.69) is 0 Å². The van der Waals surface area contributed by atoms with Gasteiger partial charge in [-0.2, -0.15) is 0 Å². The lowest BCUT2D eigenvalue weighted by Gasteiger charge is -2.10. The SMILES string of the molecule is Cn1ccn(Cc2ccccc2CN)c(=O)c1=O. The van der Waals surface area contributed by atoms with E-state index in [1.165, 1.54) is 9.13 Å². The fraction of sp³-hybridized carbons (Fsp3) is 0.231. The Labute approximate surface area is 104 Å². The molecule has 0 unspecified atom stereocenters. The minimum absolute atomic E-state index is 0.363. The average Bonchev–Trinajstić information content (AvgIpc) is 2.40. The third kappa shape index (κ3) is 2.26. The van der Waals surface area contributed by atoms with Crippen LogP contribution in [0.25, 0.3) is 0 Å². The number of benzene rings is 1. The fourth-order valence-corrected chi connectivity index (χ4v) is 1.81. The summed E-state index contributed by atoms with van der Waals surface area (Å²) in [5.41, 5.74) is 6.53. The summed E-state index contributed by atoms with van der Waals surface area (Å²) in [4.78, 5) is 23.3. The van der Waals surface area contributed by atoms with Gasteiger partial charge in [0.05, 0.1) is 6.54 Å². The van der Waals surface area contributed by atoms with E-state index in [0.29, 0.717) is 13.1 Å². The van der Waals surface area contributed by atoms with Crippen LogP contribution in [0.15, 0.2) is 46.2 Å². The van der Waals surface area contributed by atoms with Crippen LogP contribution >= 0.6 is 0 Å². The van der Waals surface area contributed by atoms with Crippen molar-refractivity contribution in [3.63, 3.8) is 0 Å². The normalized spacial score (nSPS) is 10.6. The van der Waals surface area contributed by atoms with Gasteiger partial charge in [0.2, 0.25) is 0 Å². The van der Waals surface area contributed by atoms with Crippen molar-refractivity contribution in [1.82, 2.24) is 9.13 Å². The first-order valence-corrected chi connectivity index (χ1v) is 5.66. The van der Waals surface area contributed by atoms with Crippen molar-refractivity contribution >= 4 is 0 Å². The van der Waals surface area contributed by atoms with Crippen LogP contribution in [0.4, 0.5) is 0 Å². The van der Waals surface area contributed by atoms with Crippen LogP contribution in [-0.4, -0.2) is 9.13 Å². The van der Waals surface area contributed by atoms with Gasteiger partial charge in [-0.15, -0.1) is 0 Å². The molecule has 0 fully saturated rings. The van der Waals surface area contributed by atoms with Crippen LogP contribution in [0.2, 0.25) is 0 Å². The van der Waals surface area contributed by atoms with Gasteiger partial charge in [-0.05, 0) is 11.1 Å². The molecule has 18 heavy (non-hydrogen) atoms. The number of hydrogen-bond donors (Lipinski definition) is 1. The van der Waals surface area contributed by atoms with Crippen molar-refractivity contribution in [2.24, 2.45) is 12.8 Å². The Kier molecular flexibility index (Phi) is 3.43. The number of aryl methyl sites for hydroxylation is 1. The summed E-state index contributed by atoms with van der Waals surface area (Å²) >= 11 is 0. The van der Waals surface area contributed by atoms with Crippen LogP contribution in [-0.2, 0) is 20.1 Å². The standard InChI is InChI=1S/C13H15N3O2/c1-15-6-7-16(13(18)12(15)17)9-11-5-3-2-4-10(11)8-14/h2-7H,8-9,14H2,1H3. The van der Waals surface area contributed by atoms with Crippen molar-refractivity contribution in [2.75, 3.05) is 0 Å². The van der Waals surface area contributed by atoms with E-state index in [9.17, 15) is 9.59 Å². The van der Waals surface area contributed by atoms with Gasteiger partial charge in [-0.1, -0.05) is 24.3 Å². The van der Waals surface area contributed by atoms with Crippen LogP contribution in [0.5, 0.6) is 0 Å². The lowest BCUT2D eigenvalue weighted by Crippen LogP contribution is -2.39. The van der Waals surface area contributed by atoms with Gasteiger partial charge in [0.25, 0.3) is 0 Å². The van der Waals surface area contributed by atoms with Crippen LogP contribution in [0.1, 0.15) is 11.1 Å². The summed E-state index contributed by atoms with van der Waals surface area (Å²) in [7, 11) is 1.56. The van der Waals surface area contributed by atoms with Crippen molar-refractivity contribution in [3.8, 4) is 0 Å². The highest BCUT2D eigenvalue weighted by Gasteiger charge is 2.05. The lowest BCUT2D eigenvalue weighted by molar-refractivity contribution is 0.691. The number of nitrogens with zero attached hydrogens (tertiary/aromatic N) is 2. The molecule has 2 aromatic rings. The van der Waals surface area contributed by atoms with E-state index in [0.717, 1.165) is 11.1 Å². The zero-order valence-corrected chi connectivity index (χ0v) is 10.2. The highest BCUT2D eigenvalue weighted by molar-refractivity contribution is 5.27. The Morgan fingerprint density at radius 1 is 1.06 bits per heavy atom. The molecule has 0 saturated heterocycles. The van der Waals surface area contributed by atoms with E-state index in [1.807, 2.05) is 24.3 Å². The molecule has 94 valence electrons. The molecule has 0 radical (unpaired) electrons. The molecule has 0 atom stereocenters. The van der Waals surface area contributed by atoms with Crippen LogP contribution < -0.4 is 16.9 Å². The smallest absolute Gasteiger partial charge is 0.316 e. The second kappa shape index (κ2) is 5.01. The summed E-state index contributed by atoms with van der Waals surface area (Å²) in [6, 6.07) is 7.62. The van der Waals surface area contributed by atoms with Gasteiger partial charge in [-0.25, -0.2) is 0 Å². The predicted molar refractivity (Wildman–Crippen MR) is 69.4 cm³/mol. The first kappa shape index (κ1) is 12.3. The summed E-state index contributed by atoms with van der Waals surface area (Å²) in [5, 5.41) is 0. The number of aromatic nitrogens is 2. The summed E-state index contributed by atoms with van der Waals surface area (Å²) in [6.07, 6.45) is 3.19. The van der Waals surface area contributed by atoms with Crippen LogP contribution in [0, 0.1) is 0 Å². The molecule has 0 bridgehead atoms. The van der Waals surface area contributed by atoms with Gasteiger partial charge in [0.1, 0.15) is 0 Å². The van der Waals surface area contributed by atoms with Crippen molar-refractivity contribution in [3.05, 3.63) is 68.5 Å². The van der Waals surface area contributed by atoms with Crippen molar-refractivity contribution < 1.29 is 0 Å². The molecule has 0 saturated carbocycles. The predicted octanol–water partition coefficient (Wildman–Crippen LogP) is 0.0540. The maximum absolute atomic E-state index is 11.8. The molecule has 1 heterocycles. The summed E-state index contributed by atoms with van der Waals surface area (Å²) in [5.74, 6) is 0. The molecule has 1 aromatic heterocycles. The quantitative estimate of drug-likeness (QED) is 0.777. The van der Waals surface area contributed by atoms with Gasteiger partial charge in [-0.3, -0.25) is 9.59 Å². The van der Waals surface area contributed by atoms with Crippen molar-refractivity contribution in [1.29, 1.82) is 0 Å². The largest absolute Gasteiger partial charge is 0.326 e. The number of rotatable bonds is 3.